The molecule has 1 fully saturated rings. The monoisotopic (exact) mass is 235 g/mol. The molecule has 0 bridgehead atoms. The Bertz CT molecular complexity index is 246. The van der Waals surface area contributed by atoms with E-state index >= 15 is 0 Å². The molecule has 1 rings (SSSR count). The highest BCUT2D eigenvalue weighted by Gasteiger charge is 2.40. The van der Waals surface area contributed by atoms with E-state index in [-0.39, 0.29) is 0 Å². The van der Waals surface area contributed by atoms with Crippen LogP contribution in [0, 0.1) is 17.3 Å². The zero-order chi connectivity index (χ0) is 12.7. The van der Waals surface area contributed by atoms with Gasteiger partial charge in [0, 0.05) is 0 Å². The van der Waals surface area contributed by atoms with Gasteiger partial charge in [0.05, 0.1) is 0 Å². The molecule has 1 N–H and O–H groups in total. The van der Waals surface area contributed by atoms with Gasteiger partial charge in [-0.05, 0) is 69.4 Å². The first-order valence-electron chi connectivity index (χ1n) is 7.10. The maximum Gasteiger partial charge on any atom is -0.00518 e. The highest BCUT2D eigenvalue weighted by Crippen LogP contribution is 2.51. The lowest BCUT2D eigenvalue weighted by Gasteiger charge is -2.28. The quantitative estimate of drug-likeness (QED) is 0.442. The largest absolute Gasteiger partial charge is 0.320 e. The number of hydrogen-bond donors (Lipinski definition) is 1. The van der Waals surface area contributed by atoms with Crippen molar-refractivity contribution in [2.45, 2.75) is 45.4 Å². The van der Waals surface area contributed by atoms with Crippen LogP contribution >= 0.6 is 0 Å². The molecule has 0 aromatic heterocycles. The SMILES string of the molecule is C=CCC(C=C)(CC)CC1CC1CCCNC. The molecule has 1 heteroatoms. The van der Waals surface area contributed by atoms with Crippen molar-refractivity contribution in [2.75, 3.05) is 13.6 Å². The van der Waals surface area contributed by atoms with Crippen LogP contribution in [-0.2, 0) is 0 Å². The summed E-state index contributed by atoms with van der Waals surface area (Å²) in [5, 5.41) is 3.23. The highest BCUT2D eigenvalue weighted by atomic mass is 14.8. The van der Waals surface area contributed by atoms with Crippen LogP contribution in [-0.4, -0.2) is 13.6 Å². The first-order chi connectivity index (χ1) is 8.21. The van der Waals surface area contributed by atoms with E-state index in [0.29, 0.717) is 5.41 Å². The second-order valence-corrected chi connectivity index (χ2v) is 5.62. The fourth-order valence-corrected chi connectivity index (χ4v) is 2.95. The number of allylic oxidation sites excluding steroid dienone is 2. The topological polar surface area (TPSA) is 12.0 Å². The van der Waals surface area contributed by atoms with Crippen molar-refractivity contribution in [1.29, 1.82) is 0 Å². The molecule has 0 spiro atoms. The Labute approximate surface area is 107 Å². The molecule has 0 saturated heterocycles. The van der Waals surface area contributed by atoms with Crippen LogP contribution in [0.3, 0.4) is 0 Å². The van der Waals surface area contributed by atoms with Crippen LogP contribution in [0.15, 0.2) is 25.3 Å². The summed E-state index contributed by atoms with van der Waals surface area (Å²) < 4.78 is 0. The predicted octanol–water partition coefficient (Wildman–Crippen LogP) is 4.17. The third kappa shape index (κ3) is 4.31. The van der Waals surface area contributed by atoms with E-state index in [1.165, 1.54) is 32.1 Å². The summed E-state index contributed by atoms with van der Waals surface area (Å²) in [6.45, 7) is 11.4. The molecule has 0 aliphatic heterocycles. The minimum atomic E-state index is 0.324. The number of rotatable bonds is 10. The van der Waals surface area contributed by atoms with Gasteiger partial charge in [-0.2, -0.15) is 0 Å². The van der Waals surface area contributed by atoms with Gasteiger partial charge >= 0.3 is 0 Å². The Balaban J connectivity index is 2.33. The summed E-state index contributed by atoms with van der Waals surface area (Å²) in [5.74, 6) is 1.93. The van der Waals surface area contributed by atoms with Crippen molar-refractivity contribution in [3.63, 3.8) is 0 Å². The third-order valence-corrected chi connectivity index (χ3v) is 4.43. The van der Waals surface area contributed by atoms with Gasteiger partial charge in [0.25, 0.3) is 0 Å². The van der Waals surface area contributed by atoms with E-state index in [1.54, 1.807) is 0 Å². The second kappa shape index (κ2) is 7.00. The Hall–Kier alpha value is -0.560. The zero-order valence-electron chi connectivity index (χ0n) is 11.7. The molecule has 0 aromatic carbocycles. The van der Waals surface area contributed by atoms with Gasteiger partial charge < -0.3 is 5.32 Å². The van der Waals surface area contributed by atoms with Crippen molar-refractivity contribution >= 4 is 0 Å². The molecular formula is C16H29N. The third-order valence-electron chi connectivity index (χ3n) is 4.43. The van der Waals surface area contributed by atoms with E-state index in [1.807, 2.05) is 7.05 Å². The van der Waals surface area contributed by atoms with Crippen LogP contribution in [0.1, 0.15) is 45.4 Å². The Morgan fingerprint density at radius 3 is 2.65 bits per heavy atom. The van der Waals surface area contributed by atoms with E-state index in [9.17, 15) is 0 Å². The average molecular weight is 235 g/mol. The number of hydrogen-bond acceptors (Lipinski definition) is 1. The lowest BCUT2D eigenvalue weighted by molar-refractivity contribution is 0.312. The number of nitrogens with one attached hydrogen (secondary N) is 1. The van der Waals surface area contributed by atoms with Gasteiger partial charge in [0.15, 0.2) is 0 Å². The molecular weight excluding hydrogens is 206 g/mol. The standard InChI is InChI=1S/C16H29N/c1-5-10-16(6-2,7-3)13-15-12-14(15)9-8-11-17-4/h5-6,14-15,17H,1-2,7-13H2,3-4H3. The fourth-order valence-electron chi connectivity index (χ4n) is 2.95. The lowest BCUT2D eigenvalue weighted by Crippen LogP contribution is -2.17. The van der Waals surface area contributed by atoms with E-state index in [2.05, 4.69) is 37.6 Å². The summed E-state index contributed by atoms with van der Waals surface area (Å²) in [4.78, 5) is 0. The molecule has 1 aliphatic carbocycles. The smallest absolute Gasteiger partial charge is 0.00518 e. The Morgan fingerprint density at radius 1 is 1.35 bits per heavy atom. The molecule has 1 aliphatic rings. The molecule has 0 heterocycles. The maximum absolute atomic E-state index is 4.05. The normalized spacial score (nSPS) is 26.2. The average Bonchev–Trinajstić information content (AvgIpc) is 3.07. The fraction of sp³-hybridized carbons (Fsp3) is 0.750. The molecule has 17 heavy (non-hydrogen) atoms. The van der Waals surface area contributed by atoms with E-state index in [0.717, 1.165) is 24.8 Å². The van der Waals surface area contributed by atoms with Crippen molar-refractivity contribution in [2.24, 2.45) is 17.3 Å². The molecule has 1 saturated carbocycles. The van der Waals surface area contributed by atoms with Crippen molar-refractivity contribution in [3.8, 4) is 0 Å². The summed E-state index contributed by atoms with van der Waals surface area (Å²) in [6.07, 6.45) is 12.0. The van der Waals surface area contributed by atoms with Crippen molar-refractivity contribution in [3.05, 3.63) is 25.3 Å². The van der Waals surface area contributed by atoms with E-state index in [4.69, 9.17) is 0 Å². The Kier molecular flexibility index (Phi) is 5.97. The summed E-state index contributed by atoms with van der Waals surface area (Å²) in [5.41, 5.74) is 0.324. The maximum atomic E-state index is 4.05. The van der Waals surface area contributed by atoms with Crippen LogP contribution in [0.4, 0.5) is 0 Å². The second-order valence-electron chi connectivity index (χ2n) is 5.62. The molecule has 3 atom stereocenters. The predicted molar refractivity (Wildman–Crippen MR) is 77.1 cm³/mol. The van der Waals surface area contributed by atoms with Gasteiger partial charge in [-0.1, -0.05) is 19.1 Å². The van der Waals surface area contributed by atoms with Gasteiger partial charge in [-0.3, -0.25) is 0 Å². The van der Waals surface area contributed by atoms with Crippen LogP contribution in [0.25, 0.3) is 0 Å². The summed E-state index contributed by atoms with van der Waals surface area (Å²) >= 11 is 0. The van der Waals surface area contributed by atoms with Gasteiger partial charge in [-0.25, -0.2) is 0 Å². The lowest BCUT2D eigenvalue weighted by atomic mass is 9.77. The van der Waals surface area contributed by atoms with Crippen molar-refractivity contribution in [1.82, 2.24) is 5.32 Å². The van der Waals surface area contributed by atoms with Gasteiger partial charge in [-0.15, -0.1) is 13.2 Å². The Morgan fingerprint density at radius 2 is 2.12 bits per heavy atom. The minimum absolute atomic E-state index is 0.324. The molecule has 1 nitrogen and oxygen atoms in total. The molecule has 98 valence electrons. The van der Waals surface area contributed by atoms with Gasteiger partial charge in [0.1, 0.15) is 0 Å². The first-order valence-corrected chi connectivity index (χ1v) is 7.10. The van der Waals surface area contributed by atoms with Crippen LogP contribution in [0.2, 0.25) is 0 Å². The molecule has 0 aromatic rings. The van der Waals surface area contributed by atoms with Gasteiger partial charge in [0.2, 0.25) is 0 Å². The van der Waals surface area contributed by atoms with Crippen LogP contribution in [0.5, 0.6) is 0 Å². The molecule has 0 amide bonds. The molecule has 0 radical (unpaired) electrons. The van der Waals surface area contributed by atoms with Crippen molar-refractivity contribution < 1.29 is 0 Å². The first kappa shape index (κ1) is 14.5. The van der Waals surface area contributed by atoms with E-state index < -0.39 is 0 Å². The highest BCUT2D eigenvalue weighted by molar-refractivity contribution is 5.02. The molecule has 3 unspecified atom stereocenters. The zero-order valence-corrected chi connectivity index (χ0v) is 11.7. The van der Waals surface area contributed by atoms with Crippen LogP contribution < -0.4 is 5.32 Å². The minimum Gasteiger partial charge on any atom is -0.320 e. The summed E-state index contributed by atoms with van der Waals surface area (Å²) in [7, 11) is 2.04. The summed E-state index contributed by atoms with van der Waals surface area (Å²) in [6, 6.07) is 0.